The summed E-state index contributed by atoms with van der Waals surface area (Å²) in [4.78, 5) is 40.5. The zero-order valence-corrected chi connectivity index (χ0v) is 18.0. The lowest BCUT2D eigenvalue weighted by atomic mass is 9.81. The van der Waals surface area contributed by atoms with Crippen LogP contribution in [0.2, 0.25) is 0 Å². The topological polar surface area (TPSA) is 103 Å². The molecule has 1 aliphatic heterocycles. The number of para-hydroxylation sites is 1. The van der Waals surface area contributed by atoms with Crippen molar-refractivity contribution >= 4 is 23.6 Å². The van der Waals surface area contributed by atoms with Crippen molar-refractivity contribution in [2.24, 2.45) is 5.92 Å². The summed E-state index contributed by atoms with van der Waals surface area (Å²) in [6, 6.07) is 11.3. The molecule has 1 aliphatic carbocycles. The molecule has 3 rings (SSSR count). The van der Waals surface area contributed by atoms with Gasteiger partial charge in [-0.1, -0.05) is 37.5 Å². The van der Waals surface area contributed by atoms with E-state index in [2.05, 4.69) is 11.4 Å². The molecule has 8 heteroatoms. The lowest BCUT2D eigenvalue weighted by Gasteiger charge is -2.39. The van der Waals surface area contributed by atoms with Gasteiger partial charge in [-0.3, -0.25) is 9.59 Å². The average molecular weight is 427 g/mol. The number of amides is 3. The van der Waals surface area contributed by atoms with Gasteiger partial charge in [-0.15, -0.1) is 0 Å². The number of hydrogen-bond acceptors (Lipinski definition) is 5. The van der Waals surface area contributed by atoms with Crippen molar-refractivity contribution in [3.05, 3.63) is 30.3 Å². The van der Waals surface area contributed by atoms with Gasteiger partial charge in [0.25, 0.3) is 5.91 Å². The average Bonchev–Trinajstić information content (AvgIpc) is 2.83. The van der Waals surface area contributed by atoms with Gasteiger partial charge in [0.05, 0.1) is 12.0 Å². The molecule has 8 nitrogen and oxygen atoms in total. The number of nitrogens with one attached hydrogen (secondary N) is 1. The normalized spacial score (nSPS) is 18.5. The molecule has 1 N–H and O–H groups in total. The third-order valence-corrected chi connectivity index (χ3v) is 6.38. The largest absolute Gasteiger partial charge is 0.455 e. The van der Waals surface area contributed by atoms with E-state index < -0.39 is 11.5 Å². The highest BCUT2D eigenvalue weighted by Crippen LogP contribution is 2.32. The zero-order valence-electron chi connectivity index (χ0n) is 18.0. The maximum Gasteiger partial charge on any atom is 0.321 e. The van der Waals surface area contributed by atoms with Crippen LogP contribution in [0.1, 0.15) is 44.9 Å². The Morgan fingerprint density at radius 3 is 2.42 bits per heavy atom. The van der Waals surface area contributed by atoms with Crippen molar-refractivity contribution in [2.45, 2.75) is 50.5 Å². The van der Waals surface area contributed by atoms with E-state index in [0.29, 0.717) is 38.8 Å². The maximum absolute atomic E-state index is 12.5. The van der Waals surface area contributed by atoms with E-state index in [1.54, 1.807) is 11.9 Å². The Labute approximate surface area is 183 Å². The number of hydrogen-bond donors (Lipinski definition) is 1. The molecular weight excluding hydrogens is 396 g/mol. The quantitative estimate of drug-likeness (QED) is 0.729. The number of carbonyl (C=O) groups is 3. The van der Waals surface area contributed by atoms with Crippen LogP contribution in [0.25, 0.3) is 0 Å². The lowest BCUT2D eigenvalue weighted by Crippen LogP contribution is -2.51. The van der Waals surface area contributed by atoms with E-state index in [9.17, 15) is 19.6 Å². The van der Waals surface area contributed by atoms with Crippen LogP contribution in [-0.2, 0) is 14.3 Å². The predicted molar refractivity (Wildman–Crippen MR) is 115 cm³/mol. The van der Waals surface area contributed by atoms with Crippen molar-refractivity contribution in [1.82, 2.24) is 9.80 Å². The van der Waals surface area contributed by atoms with Crippen LogP contribution < -0.4 is 5.32 Å². The van der Waals surface area contributed by atoms with E-state index in [4.69, 9.17) is 4.74 Å². The van der Waals surface area contributed by atoms with Crippen LogP contribution in [0, 0.1) is 17.2 Å². The van der Waals surface area contributed by atoms with Gasteiger partial charge in [0, 0.05) is 25.8 Å². The van der Waals surface area contributed by atoms with Gasteiger partial charge in [0.1, 0.15) is 5.54 Å². The van der Waals surface area contributed by atoms with Crippen LogP contribution in [0.5, 0.6) is 0 Å². The first kappa shape index (κ1) is 22.6. The molecule has 166 valence electrons. The van der Waals surface area contributed by atoms with Gasteiger partial charge >= 0.3 is 12.0 Å². The Balaban J connectivity index is 1.43. The minimum absolute atomic E-state index is 0.191. The molecule has 31 heavy (non-hydrogen) atoms. The Bertz CT molecular complexity index is 822. The zero-order chi connectivity index (χ0) is 22.3. The Morgan fingerprint density at radius 1 is 1.16 bits per heavy atom. The minimum atomic E-state index is -0.792. The molecule has 0 aromatic heterocycles. The number of likely N-dealkylation sites (N-methyl/N-ethyl adjacent to an activating group) is 1. The van der Waals surface area contributed by atoms with E-state index in [1.807, 2.05) is 30.3 Å². The predicted octanol–water partition coefficient (Wildman–Crippen LogP) is 3.16. The number of piperidine rings is 1. The number of nitrogens with zero attached hydrogens (tertiary/aromatic N) is 3. The first-order valence-electron chi connectivity index (χ1n) is 10.9. The summed E-state index contributed by atoms with van der Waals surface area (Å²) >= 11 is 0. The fourth-order valence-corrected chi connectivity index (χ4v) is 4.29. The van der Waals surface area contributed by atoms with Crippen LogP contribution in [0.3, 0.4) is 0 Å². The van der Waals surface area contributed by atoms with Gasteiger partial charge in [-0.05, 0) is 37.8 Å². The third-order valence-electron chi connectivity index (χ3n) is 6.38. The number of likely N-dealkylation sites (tertiary alicyclic amines) is 1. The molecule has 0 radical (unpaired) electrons. The lowest BCUT2D eigenvalue weighted by molar-refractivity contribution is -0.157. The Kier molecular flexibility index (Phi) is 7.50. The number of benzene rings is 1. The highest BCUT2D eigenvalue weighted by atomic mass is 16.5. The second kappa shape index (κ2) is 10.3. The Morgan fingerprint density at radius 2 is 1.81 bits per heavy atom. The molecule has 1 aromatic carbocycles. The molecule has 1 saturated heterocycles. The van der Waals surface area contributed by atoms with Crippen molar-refractivity contribution in [2.75, 3.05) is 32.1 Å². The molecule has 0 atom stereocenters. The highest BCUT2D eigenvalue weighted by molar-refractivity contribution is 5.89. The van der Waals surface area contributed by atoms with Gasteiger partial charge in [0.2, 0.25) is 0 Å². The second-order valence-corrected chi connectivity index (χ2v) is 8.32. The summed E-state index contributed by atoms with van der Waals surface area (Å²) in [6.07, 6.45) is 5.21. The molecule has 1 heterocycles. The number of carbonyl (C=O) groups excluding carboxylic acids is 3. The molecule has 1 saturated carbocycles. The van der Waals surface area contributed by atoms with Crippen molar-refractivity contribution < 1.29 is 19.1 Å². The van der Waals surface area contributed by atoms with Crippen molar-refractivity contribution in [3.63, 3.8) is 0 Å². The number of urea groups is 1. The smallest absolute Gasteiger partial charge is 0.321 e. The van der Waals surface area contributed by atoms with E-state index in [1.165, 1.54) is 4.90 Å². The summed E-state index contributed by atoms with van der Waals surface area (Å²) in [5, 5.41) is 12.5. The Hall–Kier alpha value is -3.08. The summed E-state index contributed by atoms with van der Waals surface area (Å²) in [5.41, 5.74) is -0.0658. The van der Waals surface area contributed by atoms with Crippen LogP contribution in [0.4, 0.5) is 10.5 Å². The molecule has 0 spiro atoms. The molecule has 0 bridgehead atoms. The minimum Gasteiger partial charge on any atom is -0.455 e. The number of nitriles is 1. The fourth-order valence-electron chi connectivity index (χ4n) is 4.29. The van der Waals surface area contributed by atoms with E-state index in [0.717, 1.165) is 24.9 Å². The first-order chi connectivity index (χ1) is 14.9. The summed E-state index contributed by atoms with van der Waals surface area (Å²) < 4.78 is 5.28. The van der Waals surface area contributed by atoms with Crippen LogP contribution in [0.15, 0.2) is 30.3 Å². The molecule has 2 fully saturated rings. The number of ether oxygens (including phenoxy) is 1. The highest BCUT2D eigenvalue weighted by Gasteiger charge is 2.39. The van der Waals surface area contributed by atoms with Gasteiger partial charge in [0.15, 0.2) is 6.61 Å². The van der Waals surface area contributed by atoms with E-state index >= 15 is 0 Å². The molecule has 3 amide bonds. The van der Waals surface area contributed by atoms with Crippen molar-refractivity contribution in [3.8, 4) is 6.07 Å². The van der Waals surface area contributed by atoms with E-state index in [-0.39, 0.29) is 24.5 Å². The van der Waals surface area contributed by atoms with Gasteiger partial charge < -0.3 is 19.9 Å². The van der Waals surface area contributed by atoms with Crippen LogP contribution >= 0.6 is 0 Å². The summed E-state index contributed by atoms with van der Waals surface area (Å²) in [7, 11) is 1.62. The molecule has 0 unspecified atom stereocenters. The van der Waals surface area contributed by atoms with Crippen molar-refractivity contribution in [1.29, 1.82) is 5.26 Å². The standard InChI is InChI=1S/C23H30N4O4/c1-26(23(17-24)12-6-3-7-13-23)20(28)16-31-21(29)18-10-14-27(15-11-18)22(30)25-19-8-4-2-5-9-19/h2,4-5,8-9,18H,3,6-7,10-16H2,1H3,(H,25,30). The molecule has 2 aliphatic rings. The van der Waals surface area contributed by atoms with Gasteiger partial charge in [-0.25, -0.2) is 4.79 Å². The summed E-state index contributed by atoms with van der Waals surface area (Å²) in [5.74, 6) is -1.10. The number of esters is 1. The number of rotatable bonds is 5. The first-order valence-corrected chi connectivity index (χ1v) is 10.9. The van der Waals surface area contributed by atoms with Gasteiger partial charge in [-0.2, -0.15) is 5.26 Å². The number of anilines is 1. The third kappa shape index (κ3) is 5.54. The fraction of sp³-hybridized carbons (Fsp3) is 0.565. The SMILES string of the molecule is CN(C(=O)COC(=O)C1CCN(C(=O)Nc2ccccc2)CC1)C1(C#N)CCCCC1. The second-order valence-electron chi connectivity index (χ2n) is 8.32. The molecule has 1 aromatic rings. The van der Waals surface area contributed by atoms with Crippen LogP contribution in [-0.4, -0.2) is 60.0 Å². The monoisotopic (exact) mass is 426 g/mol. The molecular formula is C23H30N4O4. The maximum atomic E-state index is 12.5. The summed E-state index contributed by atoms with van der Waals surface area (Å²) in [6.45, 7) is 0.543.